The summed E-state index contributed by atoms with van der Waals surface area (Å²) in [5.41, 5.74) is 1.20. The fourth-order valence-corrected chi connectivity index (χ4v) is 6.86. The number of aliphatic hydroxyl groups is 1. The third kappa shape index (κ3) is 2.15. The zero-order valence-electron chi connectivity index (χ0n) is 14.5. The normalized spacial score (nSPS) is 47.0. The van der Waals surface area contributed by atoms with Crippen LogP contribution in [0.4, 0.5) is 4.39 Å². The van der Waals surface area contributed by atoms with Crippen molar-refractivity contribution < 1.29 is 14.3 Å². The number of carbonyl (C=O) groups excluding carboxylic acids is 1. The molecule has 3 saturated carbocycles. The first kappa shape index (κ1) is 16.3. The van der Waals surface area contributed by atoms with E-state index in [1.165, 1.54) is 5.57 Å². The van der Waals surface area contributed by atoms with Crippen molar-refractivity contribution in [2.45, 2.75) is 70.8 Å². The van der Waals surface area contributed by atoms with Gasteiger partial charge in [-0.25, -0.2) is 0 Å². The lowest BCUT2D eigenvalue weighted by Crippen LogP contribution is -2.52. The summed E-state index contributed by atoms with van der Waals surface area (Å²) >= 11 is 0. The minimum absolute atomic E-state index is 0.0554. The molecule has 4 aliphatic carbocycles. The summed E-state index contributed by atoms with van der Waals surface area (Å²) in [5.74, 6) is 4.60. The number of hydrogen-bond acceptors (Lipinski definition) is 2. The maximum absolute atomic E-state index is 12.7. The molecule has 0 heterocycles. The van der Waals surface area contributed by atoms with E-state index < -0.39 is 0 Å². The van der Waals surface area contributed by atoms with E-state index in [4.69, 9.17) is 0 Å². The molecule has 0 aromatic carbocycles. The van der Waals surface area contributed by atoms with Gasteiger partial charge in [0.15, 0.2) is 5.78 Å². The molecule has 1 N–H and O–H groups in total. The van der Waals surface area contributed by atoms with Gasteiger partial charge in [-0.15, -0.1) is 4.39 Å². The predicted octanol–water partition coefficient (Wildman–Crippen LogP) is 4.18. The zero-order chi connectivity index (χ0) is 16.9. The molecule has 4 rings (SSSR count). The van der Waals surface area contributed by atoms with Crippen LogP contribution in [0.15, 0.2) is 11.6 Å². The molecule has 0 aromatic rings. The monoisotopic (exact) mass is 330 g/mol. The number of carbonyl (C=O) groups is 1. The number of hydrogen-bond donors (Lipinski definition) is 1. The van der Waals surface area contributed by atoms with Crippen LogP contribution in [0.5, 0.6) is 0 Å². The average molecular weight is 330 g/mol. The highest BCUT2D eigenvalue weighted by Gasteiger charge is 2.59. The Kier molecular flexibility index (Phi) is 3.88. The smallest absolute Gasteiger partial charge is 0.155 e. The molecule has 0 radical (unpaired) electrons. The van der Waals surface area contributed by atoms with Gasteiger partial charge in [-0.2, -0.15) is 0 Å². The summed E-state index contributed by atoms with van der Waals surface area (Å²) in [7, 11) is 0. The van der Waals surface area contributed by atoms with Crippen molar-refractivity contribution in [3.05, 3.63) is 11.6 Å². The molecule has 0 aromatic heterocycles. The highest BCUT2D eigenvalue weighted by Crippen LogP contribution is 2.66. The van der Waals surface area contributed by atoms with Crippen LogP contribution in [0.2, 0.25) is 0 Å². The standard InChI is InChI=1S/C21H27FO2/c1-20-10-8-18-16(17(20)5-6-19(20)24)4-3-14-13-15(23)7-11-21(14,18)9-2-12-22/h13,16-19,24H,3-11H2,1H3/t16-,17-,18-,19-,20-,21-/m0/s1. The number of halogens is 1. The summed E-state index contributed by atoms with van der Waals surface area (Å²) < 4.78 is 12.7. The molecule has 24 heavy (non-hydrogen) atoms. The largest absolute Gasteiger partial charge is 0.393 e. The summed E-state index contributed by atoms with van der Waals surface area (Å²) in [6.07, 6.45) is 11.5. The Morgan fingerprint density at radius 2 is 2.04 bits per heavy atom. The van der Waals surface area contributed by atoms with Crippen LogP contribution in [-0.2, 0) is 4.79 Å². The molecule has 0 saturated heterocycles. The molecule has 3 heteroatoms. The first-order valence-corrected chi connectivity index (χ1v) is 9.52. The molecule has 0 amide bonds. The molecule has 6 atom stereocenters. The van der Waals surface area contributed by atoms with Crippen molar-refractivity contribution in [2.24, 2.45) is 28.6 Å². The second kappa shape index (κ2) is 5.70. The molecule has 0 spiro atoms. The van der Waals surface area contributed by atoms with Crippen LogP contribution in [0.1, 0.15) is 64.7 Å². The van der Waals surface area contributed by atoms with Gasteiger partial charge in [-0.3, -0.25) is 4.79 Å². The Morgan fingerprint density at radius 3 is 2.83 bits per heavy atom. The topological polar surface area (TPSA) is 37.3 Å². The molecular weight excluding hydrogens is 303 g/mol. The predicted molar refractivity (Wildman–Crippen MR) is 90.5 cm³/mol. The fraction of sp³-hybridized carbons (Fsp3) is 0.762. The van der Waals surface area contributed by atoms with Gasteiger partial charge in [0.25, 0.3) is 0 Å². The van der Waals surface area contributed by atoms with Gasteiger partial charge in [-0.05, 0) is 74.2 Å². The van der Waals surface area contributed by atoms with E-state index >= 15 is 0 Å². The van der Waals surface area contributed by atoms with Crippen LogP contribution in [0.25, 0.3) is 0 Å². The van der Waals surface area contributed by atoms with Crippen molar-refractivity contribution in [3.63, 3.8) is 0 Å². The van der Waals surface area contributed by atoms with E-state index in [2.05, 4.69) is 12.8 Å². The van der Waals surface area contributed by atoms with Gasteiger partial charge >= 0.3 is 0 Å². The molecule has 0 bridgehead atoms. The van der Waals surface area contributed by atoms with Crippen molar-refractivity contribution in [1.82, 2.24) is 0 Å². The Hall–Kier alpha value is -1.14. The molecular formula is C21H27FO2. The summed E-state index contributed by atoms with van der Waals surface area (Å²) in [6, 6.07) is 0. The van der Waals surface area contributed by atoms with Crippen molar-refractivity contribution in [1.29, 1.82) is 0 Å². The van der Waals surface area contributed by atoms with Gasteiger partial charge in [-0.1, -0.05) is 18.4 Å². The zero-order valence-corrected chi connectivity index (χ0v) is 14.5. The van der Waals surface area contributed by atoms with Crippen LogP contribution in [-0.4, -0.2) is 17.0 Å². The Morgan fingerprint density at radius 1 is 1.21 bits per heavy atom. The van der Waals surface area contributed by atoms with Gasteiger partial charge in [0.1, 0.15) is 6.17 Å². The summed E-state index contributed by atoms with van der Waals surface area (Å²) in [4.78, 5) is 12.0. The molecule has 4 aliphatic rings. The summed E-state index contributed by atoms with van der Waals surface area (Å²) in [6.45, 7) is 2.27. The minimum atomic E-state index is -0.171. The van der Waals surface area contributed by atoms with E-state index in [0.29, 0.717) is 30.6 Å². The number of rotatable bonds is 1. The van der Waals surface area contributed by atoms with E-state index in [0.717, 1.165) is 44.9 Å². The van der Waals surface area contributed by atoms with Crippen molar-refractivity contribution >= 4 is 5.78 Å². The number of allylic oxidation sites excluding steroid dienone is 1. The number of aliphatic hydroxyl groups excluding tert-OH is 1. The maximum atomic E-state index is 12.7. The first-order chi connectivity index (χ1) is 11.5. The lowest BCUT2D eigenvalue weighted by molar-refractivity contribution is -0.118. The van der Waals surface area contributed by atoms with Crippen LogP contribution in [0.3, 0.4) is 0 Å². The highest BCUT2D eigenvalue weighted by atomic mass is 19.1. The van der Waals surface area contributed by atoms with Crippen LogP contribution in [0, 0.1) is 40.7 Å². The van der Waals surface area contributed by atoms with Crippen LogP contribution < -0.4 is 0 Å². The Labute approximate surface area is 143 Å². The lowest BCUT2D eigenvalue weighted by Gasteiger charge is -2.58. The number of fused-ring (bicyclic) bond motifs is 5. The molecule has 0 unspecified atom stereocenters. The molecule has 3 fully saturated rings. The van der Waals surface area contributed by atoms with E-state index in [1.54, 1.807) is 6.17 Å². The number of ketones is 1. The van der Waals surface area contributed by atoms with E-state index in [9.17, 15) is 14.3 Å². The van der Waals surface area contributed by atoms with Gasteiger partial charge in [0.05, 0.1) is 6.10 Å². The van der Waals surface area contributed by atoms with Gasteiger partial charge in [0.2, 0.25) is 0 Å². The second-order valence-corrected chi connectivity index (χ2v) is 8.79. The molecule has 130 valence electrons. The van der Waals surface area contributed by atoms with Gasteiger partial charge in [0, 0.05) is 18.3 Å². The Bertz CT molecular complexity index is 642. The fourth-order valence-electron chi connectivity index (χ4n) is 6.86. The van der Waals surface area contributed by atoms with Crippen molar-refractivity contribution in [2.75, 3.05) is 0 Å². The second-order valence-electron chi connectivity index (χ2n) is 8.79. The van der Waals surface area contributed by atoms with Crippen LogP contribution >= 0.6 is 0 Å². The highest BCUT2D eigenvalue weighted by molar-refractivity contribution is 5.91. The SMILES string of the molecule is C[C@]12CC[C@H]3[C@@H](CCC4=CC(=O)CC[C@@]43CC#CF)[C@@H]1CC[C@@H]2O. The third-order valence-electron chi connectivity index (χ3n) is 8.11. The third-order valence-corrected chi connectivity index (χ3v) is 8.11. The molecule has 0 aliphatic heterocycles. The van der Waals surface area contributed by atoms with E-state index in [-0.39, 0.29) is 22.7 Å². The quantitative estimate of drug-likeness (QED) is 0.732. The average Bonchev–Trinajstić information content (AvgIpc) is 2.88. The van der Waals surface area contributed by atoms with Gasteiger partial charge < -0.3 is 5.11 Å². The lowest BCUT2D eigenvalue weighted by atomic mass is 9.46. The Balaban J connectivity index is 1.73. The minimum Gasteiger partial charge on any atom is -0.393 e. The maximum Gasteiger partial charge on any atom is 0.155 e. The van der Waals surface area contributed by atoms with Crippen molar-refractivity contribution in [3.8, 4) is 12.1 Å². The van der Waals surface area contributed by atoms with E-state index in [1.807, 2.05) is 6.08 Å². The first-order valence-electron chi connectivity index (χ1n) is 9.52. The summed E-state index contributed by atoms with van der Waals surface area (Å²) in [5, 5.41) is 10.5. The molecule has 2 nitrogen and oxygen atoms in total.